The maximum atomic E-state index is 6.64. The molecule has 0 unspecified atom stereocenters. The lowest BCUT2D eigenvalue weighted by molar-refractivity contribution is -0.0819. The molecule has 1 nitrogen and oxygen atoms in total. The van der Waals surface area contributed by atoms with Gasteiger partial charge in [-0.05, 0) is 49.1 Å². The molecule has 1 aliphatic heterocycles. The highest BCUT2D eigenvalue weighted by Crippen LogP contribution is 2.33. The van der Waals surface area contributed by atoms with E-state index in [-0.39, 0.29) is 17.6 Å². The number of aryl methyl sites for hydroxylation is 2. The smallest absolute Gasteiger partial charge is 0.0621 e. The Morgan fingerprint density at radius 3 is 2.00 bits per heavy atom. The van der Waals surface area contributed by atoms with Crippen LogP contribution in [0.2, 0.25) is 0 Å². The van der Waals surface area contributed by atoms with Gasteiger partial charge < -0.3 is 4.74 Å². The van der Waals surface area contributed by atoms with Crippen molar-refractivity contribution >= 4 is 11.6 Å². The first-order chi connectivity index (χ1) is 11.7. The Balaban J connectivity index is 1.53. The summed E-state index contributed by atoms with van der Waals surface area (Å²) in [5.41, 5.74) is 2.76. The molecule has 2 aromatic rings. The summed E-state index contributed by atoms with van der Waals surface area (Å²) in [7, 11) is 0. The fourth-order valence-corrected chi connectivity index (χ4v) is 3.93. The van der Waals surface area contributed by atoms with Crippen LogP contribution in [0.25, 0.3) is 0 Å². The lowest BCUT2D eigenvalue weighted by atomic mass is 9.88. The van der Waals surface area contributed by atoms with Gasteiger partial charge >= 0.3 is 0 Å². The van der Waals surface area contributed by atoms with Gasteiger partial charge in [0.25, 0.3) is 0 Å². The molecule has 0 aromatic heterocycles. The number of hydrogen-bond acceptors (Lipinski definition) is 1. The van der Waals surface area contributed by atoms with Crippen LogP contribution in [0.1, 0.15) is 37.3 Å². The molecule has 2 aromatic carbocycles. The lowest BCUT2D eigenvalue weighted by Crippen LogP contribution is -2.41. The van der Waals surface area contributed by atoms with E-state index in [9.17, 15) is 0 Å². The molecule has 24 heavy (non-hydrogen) atoms. The topological polar surface area (TPSA) is 9.23 Å². The van der Waals surface area contributed by atoms with Gasteiger partial charge in [-0.25, -0.2) is 0 Å². The predicted octanol–water partition coefficient (Wildman–Crippen LogP) is 5.65. The lowest BCUT2D eigenvalue weighted by Gasteiger charge is -2.38. The molecule has 0 spiro atoms. The zero-order valence-corrected chi connectivity index (χ0v) is 15.2. The van der Waals surface area contributed by atoms with Crippen molar-refractivity contribution in [2.75, 3.05) is 0 Å². The second kappa shape index (κ2) is 8.69. The average Bonchev–Trinajstić information content (AvgIpc) is 2.63. The zero-order valence-electron chi connectivity index (χ0n) is 14.4. The molecule has 128 valence electrons. The summed E-state index contributed by atoms with van der Waals surface area (Å²) in [6.07, 6.45) is 5.75. The molecule has 0 aliphatic carbocycles. The summed E-state index contributed by atoms with van der Waals surface area (Å²) in [6.45, 7) is 2.24. The van der Waals surface area contributed by atoms with Crippen molar-refractivity contribution in [1.82, 2.24) is 0 Å². The fourth-order valence-electron chi connectivity index (χ4n) is 3.57. The van der Waals surface area contributed by atoms with Crippen molar-refractivity contribution in [2.45, 2.75) is 56.6 Å². The summed E-state index contributed by atoms with van der Waals surface area (Å²) in [5.74, 6) is 0.420. The summed E-state index contributed by atoms with van der Waals surface area (Å²) >= 11 is 6.64. The minimum absolute atomic E-state index is 0.222. The molecule has 3 rings (SSSR count). The monoisotopic (exact) mass is 342 g/mol. The van der Waals surface area contributed by atoms with Crippen LogP contribution in [0.5, 0.6) is 0 Å². The van der Waals surface area contributed by atoms with Gasteiger partial charge in [0.15, 0.2) is 0 Å². The molecular weight excluding hydrogens is 316 g/mol. The Bertz CT molecular complexity index is 598. The van der Waals surface area contributed by atoms with Crippen molar-refractivity contribution in [3.8, 4) is 0 Å². The minimum atomic E-state index is 0.222. The number of benzene rings is 2. The van der Waals surface area contributed by atoms with Crippen molar-refractivity contribution in [3.63, 3.8) is 0 Å². The summed E-state index contributed by atoms with van der Waals surface area (Å²) < 4.78 is 6.43. The number of halogens is 1. The average molecular weight is 343 g/mol. The number of alkyl halides is 1. The number of rotatable bonds is 6. The van der Waals surface area contributed by atoms with Gasteiger partial charge in [-0.2, -0.15) is 0 Å². The van der Waals surface area contributed by atoms with Gasteiger partial charge in [0.2, 0.25) is 0 Å². The Labute approximate surface area is 151 Å². The third-order valence-corrected chi connectivity index (χ3v) is 5.75. The normalized spacial score (nSPS) is 27.1. The Kier molecular flexibility index (Phi) is 6.34. The first-order valence-corrected chi connectivity index (χ1v) is 9.53. The van der Waals surface area contributed by atoms with Crippen molar-refractivity contribution in [2.24, 2.45) is 5.92 Å². The van der Waals surface area contributed by atoms with E-state index in [1.54, 1.807) is 0 Å². The predicted molar refractivity (Wildman–Crippen MR) is 102 cm³/mol. The van der Waals surface area contributed by atoms with Crippen LogP contribution in [0.4, 0.5) is 0 Å². The molecule has 1 heterocycles. The van der Waals surface area contributed by atoms with E-state index in [0.29, 0.717) is 5.92 Å². The summed E-state index contributed by atoms with van der Waals surface area (Å²) in [4.78, 5) is 0. The maximum Gasteiger partial charge on any atom is 0.0621 e. The standard InChI is InChI=1S/C22H27ClO/c1-17-21(23)16-20(14-12-18-8-4-2-5-9-18)24-22(17)15-13-19-10-6-3-7-11-19/h2-11,17,20-22H,12-16H2,1H3/t17-,20-,21+,22+/m1/s1. The second-order valence-electron chi connectivity index (χ2n) is 6.96. The summed E-state index contributed by atoms with van der Waals surface area (Å²) in [5, 5.41) is 0.222. The van der Waals surface area contributed by atoms with Crippen molar-refractivity contribution < 1.29 is 4.74 Å². The molecule has 2 heteroatoms. The van der Waals surface area contributed by atoms with Crippen LogP contribution in [0, 0.1) is 5.92 Å². The first-order valence-electron chi connectivity index (χ1n) is 9.10. The van der Waals surface area contributed by atoms with Crippen LogP contribution in [0.3, 0.4) is 0 Å². The highest BCUT2D eigenvalue weighted by Gasteiger charge is 2.34. The third kappa shape index (κ3) is 4.84. The second-order valence-corrected chi connectivity index (χ2v) is 7.52. The minimum Gasteiger partial charge on any atom is -0.375 e. The Morgan fingerprint density at radius 2 is 1.42 bits per heavy atom. The fraction of sp³-hybridized carbons (Fsp3) is 0.455. The van der Waals surface area contributed by atoms with E-state index < -0.39 is 0 Å². The molecule has 0 bridgehead atoms. The molecule has 0 amide bonds. The largest absolute Gasteiger partial charge is 0.375 e. The number of hydrogen-bond donors (Lipinski definition) is 0. The van der Waals surface area contributed by atoms with E-state index in [4.69, 9.17) is 16.3 Å². The number of ether oxygens (including phenoxy) is 1. The van der Waals surface area contributed by atoms with E-state index in [1.165, 1.54) is 11.1 Å². The quantitative estimate of drug-likeness (QED) is 0.616. The molecular formula is C22H27ClO. The molecule has 1 fully saturated rings. The summed E-state index contributed by atoms with van der Waals surface area (Å²) in [6, 6.07) is 21.3. The van der Waals surface area contributed by atoms with Crippen LogP contribution in [0.15, 0.2) is 60.7 Å². The van der Waals surface area contributed by atoms with Crippen LogP contribution < -0.4 is 0 Å². The zero-order chi connectivity index (χ0) is 16.8. The van der Waals surface area contributed by atoms with Crippen LogP contribution in [-0.4, -0.2) is 17.6 Å². The SMILES string of the molecule is C[C@H]1[C@H](CCc2ccccc2)O[C@H](CCc2ccccc2)C[C@@H]1Cl. The van der Waals surface area contributed by atoms with Gasteiger partial charge in [0.1, 0.15) is 0 Å². The van der Waals surface area contributed by atoms with E-state index >= 15 is 0 Å². The molecule has 0 N–H and O–H groups in total. The first kappa shape index (κ1) is 17.5. The van der Waals surface area contributed by atoms with Gasteiger partial charge in [0, 0.05) is 5.38 Å². The molecule has 1 saturated heterocycles. The molecule has 0 saturated carbocycles. The maximum absolute atomic E-state index is 6.64. The van der Waals surface area contributed by atoms with E-state index in [0.717, 1.165) is 32.1 Å². The van der Waals surface area contributed by atoms with Crippen LogP contribution >= 0.6 is 11.6 Å². The van der Waals surface area contributed by atoms with Crippen molar-refractivity contribution in [3.05, 3.63) is 71.8 Å². The Hall–Kier alpha value is -1.31. The highest BCUT2D eigenvalue weighted by atomic mass is 35.5. The molecule has 4 atom stereocenters. The molecule has 0 radical (unpaired) electrons. The molecule has 1 aliphatic rings. The van der Waals surface area contributed by atoms with Gasteiger partial charge in [0.05, 0.1) is 12.2 Å². The van der Waals surface area contributed by atoms with E-state index in [1.807, 2.05) is 0 Å². The van der Waals surface area contributed by atoms with Gasteiger partial charge in [-0.1, -0.05) is 67.6 Å². The highest BCUT2D eigenvalue weighted by molar-refractivity contribution is 6.20. The van der Waals surface area contributed by atoms with Gasteiger partial charge in [-0.3, -0.25) is 0 Å². The van der Waals surface area contributed by atoms with E-state index in [2.05, 4.69) is 67.6 Å². The van der Waals surface area contributed by atoms with Gasteiger partial charge in [-0.15, -0.1) is 11.6 Å². The van der Waals surface area contributed by atoms with Crippen LogP contribution in [-0.2, 0) is 17.6 Å². The third-order valence-electron chi connectivity index (χ3n) is 5.17. The Morgan fingerprint density at radius 1 is 0.875 bits per heavy atom. The van der Waals surface area contributed by atoms with Crippen molar-refractivity contribution in [1.29, 1.82) is 0 Å².